The van der Waals surface area contributed by atoms with Crippen molar-refractivity contribution in [2.24, 2.45) is 16.7 Å². The number of rotatable bonds is 3. The number of hydrogen-bond acceptors (Lipinski definition) is 5. The van der Waals surface area contributed by atoms with E-state index in [9.17, 15) is 19.5 Å². The summed E-state index contributed by atoms with van der Waals surface area (Å²) in [6.45, 7) is 7.71. The van der Waals surface area contributed by atoms with Gasteiger partial charge in [0.25, 0.3) is 0 Å². The fraction of sp³-hybridized carbons (Fsp3) is 0.571. The third-order valence-electron chi connectivity index (χ3n) is 5.44. The molecule has 3 rings (SSSR count). The SMILES string of the molecule is CC1(C)CC(=O)C([C@H](C2=C(O)CC(C)(C)CC2=O)c2ccc(Br)s2)C(=O)C1. The van der Waals surface area contributed by atoms with Crippen LogP contribution in [0.2, 0.25) is 0 Å². The van der Waals surface area contributed by atoms with E-state index in [-0.39, 0.29) is 39.5 Å². The van der Waals surface area contributed by atoms with Gasteiger partial charge in [0.05, 0.1) is 9.70 Å². The summed E-state index contributed by atoms with van der Waals surface area (Å²) in [5.41, 5.74) is -0.427. The van der Waals surface area contributed by atoms with E-state index >= 15 is 0 Å². The van der Waals surface area contributed by atoms with Crippen LogP contribution < -0.4 is 0 Å². The molecule has 1 fully saturated rings. The van der Waals surface area contributed by atoms with Crippen LogP contribution in [-0.4, -0.2) is 22.5 Å². The number of ketones is 3. The Morgan fingerprint density at radius 3 is 2.04 bits per heavy atom. The lowest BCUT2D eigenvalue weighted by molar-refractivity contribution is -0.140. The monoisotopic (exact) mass is 452 g/mol. The highest BCUT2D eigenvalue weighted by molar-refractivity contribution is 9.11. The molecule has 27 heavy (non-hydrogen) atoms. The van der Waals surface area contributed by atoms with Gasteiger partial charge in [0.2, 0.25) is 0 Å². The molecule has 146 valence electrons. The van der Waals surface area contributed by atoms with Gasteiger partial charge in [-0.05, 0) is 38.9 Å². The number of carbonyl (C=O) groups excluding carboxylic acids is 3. The second-order valence-electron chi connectivity index (χ2n) is 9.35. The number of Topliss-reactive ketones (excluding diaryl/α,β-unsaturated/α-hetero) is 3. The topological polar surface area (TPSA) is 71.4 Å². The zero-order valence-electron chi connectivity index (χ0n) is 16.1. The summed E-state index contributed by atoms with van der Waals surface area (Å²) in [6.07, 6.45) is 1.29. The fourth-order valence-corrected chi connectivity index (χ4v) is 5.97. The van der Waals surface area contributed by atoms with Gasteiger partial charge in [0, 0.05) is 42.1 Å². The zero-order valence-corrected chi connectivity index (χ0v) is 18.5. The van der Waals surface area contributed by atoms with Crippen molar-refractivity contribution >= 4 is 44.6 Å². The van der Waals surface area contributed by atoms with E-state index in [1.165, 1.54) is 11.3 Å². The largest absolute Gasteiger partial charge is 0.512 e. The molecule has 1 saturated carbocycles. The Hall–Kier alpha value is -1.27. The molecule has 0 amide bonds. The van der Waals surface area contributed by atoms with Gasteiger partial charge in [-0.15, -0.1) is 11.3 Å². The van der Waals surface area contributed by atoms with Crippen molar-refractivity contribution < 1.29 is 19.5 Å². The van der Waals surface area contributed by atoms with Crippen LogP contribution >= 0.6 is 27.3 Å². The van der Waals surface area contributed by atoms with Gasteiger partial charge in [0.15, 0.2) is 5.78 Å². The van der Waals surface area contributed by atoms with Crippen molar-refractivity contribution in [3.8, 4) is 0 Å². The standard InChI is InChI=1S/C21H25BrO4S/c1-20(2)7-11(23)17(12(24)8-20)19(15-5-6-16(22)27-15)18-13(25)9-21(3,4)10-14(18)26/h5-6,17,19,25H,7-10H2,1-4H3/t19-/m1/s1. The predicted molar refractivity (Wildman–Crippen MR) is 109 cm³/mol. The van der Waals surface area contributed by atoms with Crippen LogP contribution in [-0.2, 0) is 14.4 Å². The summed E-state index contributed by atoms with van der Waals surface area (Å²) in [5.74, 6) is -2.00. The molecule has 0 spiro atoms. The molecule has 0 radical (unpaired) electrons. The third-order valence-corrected chi connectivity index (χ3v) is 7.15. The minimum absolute atomic E-state index is 0.0243. The van der Waals surface area contributed by atoms with Crippen molar-refractivity contribution in [3.63, 3.8) is 0 Å². The Kier molecular flexibility index (Phi) is 5.28. The summed E-state index contributed by atoms with van der Waals surface area (Å²) in [5, 5.41) is 10.7. The summed E-state index contributed by atoms with van der Waals surface area (Å²) in [6, 6.07) is 3.69. The van der Waals surface area contributed by atoms with E-state index < -0.39 is 11.8 Å². The van der Waals surface area contributed by atoms with Gasteiger partial charge in [-0.1, -0.05) is 27.7 Å². The van der Waals surface area contributed by atoms with Gasteiger partial charge in [0.1, 0.15) is 17.3 Å². The van der Waals surface area contributed by atoms with E-state index in [0.29, 0.717) is 25.7 Å². The van der Waals surface area contributed by atoms with Crippen molar-refractivity contribution in [2.75, 3.05) is 0 Å². The second-order valence-corrected chi connectivity index (χ2v) is 11.8. The first kappa shape index (κ1) is 20.5. The number of halogens is 1. The van der Waals surface area contributed by atoms with Crippen LogP contribution in [0.15, 0.2) is 27.3 Å². The second kappa shape index (κ2) is 6.96. The molecule has 2 aliphatic rings. The average Bonchev–Trinajstić information content (AvgIpc) is 2.87. The van der Waals surface area contributed by atoms with Crippen molar-refractivity contribution in [1.82, 2.24) is 0 Å². The molecule has 1 N–H and O–H groups in total. The van der Waals surface area contributed by atoms with Crippen molar-refractivity contribution in [1.29, 1.82) is 0 Å². The summed E-state index contributed by atoms with van der Waals surface area (Å²) < 4.78 is 0.863. The zero-order chi connectivity index (χ0) is 20.1. The molecule has 2 aliphatic carbocycles. The van der Waals surface area contributed by atoms with Gasteiger partial charge >= 0.3 is 0 Å². The molecule has 1 atom stereocenters. The lowest BCUT2D eigenvalue weighted by atomic mass is 9.64. The Labute approximate surface area is 172 Å². The highest BCUT2D eigenvalue weighted by atomic mass is 79.9. The third kappa shape index (κ3) is 4.11. The van der Waals surface area contributed by atoms with Gasteiger partial charge in [-0.25, -0.2) is 0 Å². The number of hydrogen-bond donors (Lipinski definition) is 1. The van der Waals surface area contributed by atoms with Crippen LogP contribution in [0.3, 0.4) is 0 Å². The van der Waals surface area contributed by atoms with E-state index in [2.05, 4.69) is 15.9 Å². The maximum Gasteiger partial charge on any atom is 0.163 e. The average molecular weight is 453 g/mol. The molecule has 1 aromatic heterocycles. The lowest BCUT2D eigenvalue weighted by Gasteiger charge is -2.38. The minimum atomic E-state index is -0.897. The van der Waals surface area contributed by atoms with Crippen LogP contribution in [0.5, 0.6) is 0 Å². The highest BCUT2D eigenvalue weighted by Gasteiger charge is 2.48. The fourth-order valence-electron chi connectivity index (χ4n) is 4.40. The van der Waals surface area contributed by atoms with Crippen molar-refractivity contribution in [2.45, 2.75) is 59.3 Å². The van der Waals surface area contributed by atoms with Gasteiger partial charge in [-0.2, -0.15) is 0 Å². The molecule has 1 heterocycles. The van der Waals surface area contributed by atoms with Gasteiger partial charge in [-0.3, -0.25) is 14.4 Å². The molecule has 1 aromatic rings. The highest BCUT2D eigenvalue weighted by Crippen LogP contribution is 2.49. The quantitative estimate of drug-likeness (QED) is 0.625. The predicted octanol–water partition coefficient (Wildman–Crippen LogP) is 5.37. The lowest BCUT2D eigenvalue weighted by Crippen LogP contribution is -2.42. The molecule has 0 aromatic carbocycles. The van der Waals surface area contributed by atoms with E-state index in [4.69, 9.17) is 0 Å². The normalized spacial score (nSPS) is 24.4. The van der Waals surface area contributed by atoms with E-state index in [1.807, 2.05) is 39.8 Å². The van der Waals surface area contributed by atoms with E-state index in [0.717, 1.165) is 8.66 Å². The Balaban J connectivity index is 2.13. The van der Waals surface area contributed by atoms with Crippen LogP contribution in [0.25, 0.3) is 0 Å². The number of aliphatic hydroxyl groups is 1. The Morgan fingerprint density at radius 2 is 1.56 bits per heavy atom. The Morgan fingerprint density at radius 1 is 1.00 bits per heavy atom. The minimum Gasteiger partial charge on any atom is -0.512 e. The first-order valence-electron chi connectivity index (χ1n) is 9.16. The van der Waals surface area contributed by atoms with Crippen molar-refractivity contribution in [3.05, 3.63) is 32.1 Å². The maximum atomic E-state index is 13.0. The molecule has 0 saturated heterocycles. The summed E-state index contributed by atoms with van der Waals surface area (Å²) >= 11 is 4.84. The Bertz CT molecular complexity index is 826. The molecule has 0 unspecified atom stereocenters. The first-order valence-corrected chi connectivity index (χ1v) is 10.8. The number of aliphatic hydroxyl groups excluding tert-OH is 1. The van der Waals surface area contributed by atoms with Crippen LogP contribution in [0.1, 0.15) is 64.2 Å². The number of thiophene rings is 1. The van der Waals surface area contributed by atoms with Gasteiger partial charge < -0.3 is 5.11 Å². The molecular weight excluding hydrogens is 428 g/mol. The first-order chi connectivity index (χ1) is 12.4. The summed E-state index contributed by atoms with van der Waals surface area (Å²) in [4.78, 5) is 39.7. The number of allylic oxidation sites excluding steroid dienone is 2. The summed E-state index contributed by atoms with van der Waals surface area (Å²) in [7, 11) is 0. The molecule has 0 aliphatic heterocycles. The smallest absolute Gasteiger partial charge is 0.163 e. The number of carbonyl (C=O) groups is 3. The van der Waals surface area contributed by atoms with E-state index in [1.54, 1.807) is 0 Å². The maximum absolute atomic E-state index is 13.0. The molecule has 0 bridgehead atoms. The molecule has 6 heteroatoms. The molecular formula is C21H25BrO4S. The molecule has 4 nitrogen and oxygen atoms in total. The van der Waals surface area contributed by atoms with Crippen LogP contribution in [0, 0.1) is 16.7 Å². The van der Waals surface area contributed by atoms with Crippen LogP contribution in [0.4, 0.5) is 0 Å².